The SMILES string of the molecule is CN(C)CCNc1ccnc(N2CCc3cc(N(CC(=O)O)S(=O)(=O)c4cc(Cl)cc(Cl)c4)ccc32)n1.Cl. The predicted molar refractivity (Wildman–Crippen MR) is 152 cm³/mol. The van der Waals surface area contributed by atoms with E-state index >= 15 is 0 Å². The number of halogens is 3. The zero-order valence-electron chi connectivity index (χ0n) is 20.6. The summed E-state index contributed by atoms with van der Waals surface area (Å²) in [4.78, 5) is 24.5. The van der Waals surface area contributed by atoms with E-state index in [2.05, 4.69) is 20.2 Å². The van der Waals surface area contributed by atoms with E-state index < -0.39 is 22.5 Å². The van der Waals surface area contributed by atoms with Gasteiger partial charge in [0.15, 0.2) is 0 Å². The molecular formula is C24H27Cl3N6O4S. The molecule has 204 valence electrons. The van der Waals surface area contributed by atoms with Gasteiger partial charge in [-0.1, -0.05) is 23.2 Å². The number of nitrogens with zero attached hydrogens (tertiary/aromatic N) is 5. The maximum atomic E-state index is 13.4. The highest BCUT2D eigenvalue weighted by Crippen LogP contribution is 2.37. The molecule has 0 fully saturated rings. The molecule has 0 saturated carbocycles. The first-order valence-corrected chi connectivity index (χ1v) is 13.6. The molecule has 0 bridgehead atoms. The van der Waals surface area contributed by atoms with Gasteiger partial charge in [0.25, 0.3) is 10.0 Å². The Hall–Kier alpha value is -2.83. The minimum Gasteiger partial charge on any atom is -0.480 e. The molecule has 2 aromatic carbocycles. The van der Waals surface area contributed by atoms with Gasteiger partial charge >= 0.3 is 5.97 Å². The van der Waals surface area contributed by atoms with Gasteiger partial charge in [-0.25, -0.2) is 13.4 Å². The number of fused-ring (bicyclic) bond motifs is 1. The number of likely N-dealkylation sites (N-methyl/N-ethyl adjacent to an activating group) is 1. The number of carbonyl (C=O) groups is 1. The minimum absolute atomic E-state index is 0. The van der Waals surface area contributed by atoms with Crippen LogP contribution < -0.4 is 14.5 Å². The summed E-state index contributed by atoms with van der Waals surface area (Å²) in [6.07, 6.45) is 2.29. The van der Waals surface area contributed by atoms with Crippen LogP contribution in [-0.4, -0.2) is 74.6 Å². The number of carboxylic acids is 1. The van der Waals surface area contributed by atoms with Gasteiger partial charge in [0.05, 0.1) is 10.6 Å². The number of carboxylic acid groups (broad SMARTS) is 1. The molecule has 14 heteroatoms. The van der Waals surface area contributed by atoms with Crippen molar-refractivity contribution in [1.82, 2.24) is 14.9 Å². The van der Waals surface area contributed by atoms with Crippen molar-refractivity contribution in [2.45, 2.75) is 11.3 Å². The quantitative estimate of drug-likeness (QED) is 0.353. The van der Waals surface area contributed by atoms with E-state index in [1.807, 2.05) is 19.0 Å². The Morgan fingerprint density at radius 2 is 1.84 bits per heavy atom. The molecule has 0 unspecified atom stereocenters. The lowest BCUT2D eigenvalue weighted by Crippen LogP contribution is -2.35. The number of anilines is 4. The Morgan fingerprint density at radius 3 is 2.50 bits per heavy atom. The summed E-state index contributed by atoms with van der Waals surface area (Å²) >= 11 is 12.0. The van der Waals surface area contributed by atoms with Gasteiger partial charge in [-0.2, -0.15) is 4.98 Å². The van der Waals surface area contributed by atoms with Gasteiger partial charge in [0.1, 0.15) is 12.4 Å². The van der Waals surface area contributed by atoms with Crippen LogP contribution in [0.4, 0.5) is 23.1 Å². The first-order chi connectivity index (χ1) is 17.5. The summed E-state index contributed by atoms with van der Waals surface area (Å²) < 4.78 is 27.7. The standard InChI is InChI=1S/C24H26Cl2N6O4S.ClH/c1-30(2)10-8-27-22-5-7-28-24(29-22)31-9-6-16-11-19(3-4-21(16)31)32(15-23(33)34)37(35,36)20-13-17(25)12-18(26)14-20;/h3-5,7,11-14H,6,8-10,15H2,1-2H3,(H,33,34)(H,27,28,29);1H. The number of hydrogen-bond acceptors (Lipinski definition) is 8. The van der Waals surface area contributed by atoms with Crippen LogP contribution in [0.1, 0.15) is 5.56 Å². The fraction of sp³-hybridized carbons (Fsp3) is 0.292. The molecule has 0 aliphatic carbocycles. The summed E-state index contributed by atoms with van der Waals surface area (Å²) in [6.45, 7) is 1.41. The maximum Gasteiger partial charge on any atom is 0.324 e. The lowest BCUT2D eigenvalue weighted by atomic mass is 10.1. The number of aromatic nitrogens is 2. The van der Waals surface area contributed by atoms with Crippen molar-refractivity contribution in [1.29, 1.82) is 0 Å². The van der Waals surface area contributed by atoms with Crippen molar-refractivity contribution in [3.05, 3.63) is 64.3 Å². The number of benzene rings is 2. The van der Waals surface area contributed by atoms with E-state index in [4.69, 9.17) is 23.2 Å². The second-order valence-electron chi connectivity index (χ2n) is 8.70. The third kappa shape index (κ3) is 6.78. The molecule has 2 heterocycles. The molecular weight excluding hydrogens is 575 g/mol. The maximum absolute atomic E-state index is 13.4. The average Bonchev–Trinajstić information content (AvgIpc) is 3.25. The molecule has 0 spiro atoms. The highest BCUT2D eigenvalue weighted by atomic mass is 35.5. The van der Waals surface area contributed by atoms with Gasteiger partial charge < -0.3 is 20.2 Å². The molecule has 1 aliphatic heterocycles. The molecule has 0 saturated heterocycles. The largest absolute Gasteiger partial charge is 0.480 e. The van der Waals surface area contributed by atoms with Crippen LogP contribution in [0.3, 0.4) is 0 Å². The molecule has 4 rings (SSSR count). The van der Waals surface area contributed by atoms with Crippen molar-refractivity contribution >= 4 is 74.7 Å². The number of hydrogen-bond donors (Lipinski definition) is 2. The van der Waals surface area contributed by atoms with Crippen LogP contribution in [0.15, 0.2) is 53.6 Å². The predicted octanol–water partition coefficient (Wildman–Crippen LogP) is 4.15. The normalized spacial score (nSPS) is 12.7. The monoisotopic (exact) mass is 600 g/mol. The Bertz CT molecular complexity index is 1400. The van der Waals surface area contributed by atoms with E-state index in [-0.39, 0.29) is 33.0 Å². The second-order valence-corrected chi connectivity index (χ2v) is 11.4. The average molecular weight is 602 g/mol. The van der Waals surface area contributed by atoms with Crippen LogP contribution in [0.25, 0.3) is 0 Å². The lowest BCUT2D eigenvalue weighted by Gasteiger charge is -2.24. The Balaban J connectivity index is 0.00000400. The third-order valence-electron chi connectivity index (χ3n) is 5.70. The van der Waals surface area contributed by atoms with Gasteiger partial charge in [0, 0.05) is 41.6 Å². The molecule has 0 radical (unpaired) electrons. The topological polar surface area (TPSA) is 119 Å². The van der Waals surface area contributed by atoms with Crippen molar-refractivity contribution in [2.24, 2.45) is 0 Å². The molecule has 3 aromatic rings. The highest BCUT2D eigenvalue weighted by molar-refractivity contribution is 7.92. The smallest absolute Gasteiger partial charge is 0.324 e. The summed E-state index contributed by atoms with van der Waals surface area (Å²) in [5, 5.41) is 13.0. The van der Waals surface area contributed by atoms with Gasteiger partial charge in [-0.3, -0.25) is 9.10 Å². The van der Waals surface area contributed by atoms with E-state index in [0.29, 0.717) is 24.7 Å². The van der Waals surface area contributed by atoms with Crippen molar-refractivity contribution in [3.8, 4) is 0 Å². The van der Waals surface area contributed by atoms with Crippen LogP contribution in [-0.2, 0) is 21.2 Å². The van der Waals surface area contributed by atoms with Crippen molar-refractivity contribution in [3.63, 3.8) is 0 Å². The molecule has 10 nitrogen and oxygen atoms in total. The Labute approximate surface area is 237 Å². The Kier molecular flexibility index (Phi) is 9.66. The van der Waals surface area contributed by atoms with Gasteiger partial charge in [-0.15, -0.1) is 12.4 Å². The first-order valence-electron chi connectivity index (χ1n) is 11.4. The number of aliphatic carboxylic acids is 1. The molecule has 1 aliphatic rings. The van der Waals surface area contributed by atoms with Crippen LogP contribution >= 0.6 is 35.6 Å². The van der Waals surface area contributed by atoms with Crippen LogP contribution in [0.5, 0.6) is 0 Å². The molecule has 38 heavy (non-hydrogen) atoms. The van der Waals surface area contributed by atoms with Gasteiger partial charge in [-0.05, 0) is 68.5 Å². The summed E-state index contributed by atoms with van der Waals surface area (Å²) in [5.41, 5.74) is 1.90. The highest BCUT2D eigenvalue weighted by Gasteiger charge is 2.30. The fourth-order valence-electron chi connectivity index (χ4n) is 3.98. The lowest BCUT2D eigenvalue weighted by molar-refractivity contribution is -0.135. The third-order valence-corrected chi connectivity index (χ3v) is 7.89. The Morgan fingerprint density at radius 1 is 1.13 bits per heavy atom. The first kappa shape index (κ1) is 29.7. The molecule has 2 N–H and O–H groups in total. The fourth-order valence-corrected chi connectivity index (χ4v) is 6.11. The van der Waals surface area contributed by atoms with Crippen molar-refractivity contribution in [2.75, 3.05) is 54.8 Å². The summed E-state index contributed by atoms with van der Waals surface area (Å²) in [6, 6.07) is 10.7. The van der Waals surface area contributed by atoms with E-state index in [9.17, 15) is 18.3 Å². The van der Waals surface area contributed by atoms with E-state index in [0.717, 1.165) is 28.6 Å². The van der Waals surface area contributed by atoms with Crippen LogP contribution in [0, 0.1) is 0 Å². The summed E-state index contributed by atoms with van der Waals surface area (Å²) in [7, 11) is -0.273. The number of rotatable bonds is 10. The zero-order chi connectivity index (χ0) is 26.7. The molecule has 0 amide bonds. The molecule has 1 aromatic heterocycles. The summed E-state index contributed by atoms with van der Waals surface area (Å²) in [5.74, 6) is -0.0772. The van der Waals surface area contributed by atoms with Crippen molar-refractivity contribution < 1.29 is 18.3 Å². The van der Waals surface area contributed by atoms with E-state index in [1.54, 1.807) is 30.5 Å². The number of sulfonamides is 1. The van der Waals surface area contributed by atoms with Crippen LogP contribution in [0.2, 0.25) is 10.0 Å². The minimum atomic E-state index is -4.26. The van der Waals surface area contributed by atoms with E-state index in [1.165, 1.54) is 18.2 Å². The van der Waals surface area contributed by atoms with Gasteiger partial charge in [0.2, 0.25) is 5.95 Å². The number of nitrogens with one attached hydrogen (secondary N) is 1. The molecule has 0 atom stereocenters. The second kappa shape index (κ2) is 12.4. The zero-order valence-corrected chi connectivity index (χ0v) is 23.8.